The van der Waals surface area contributed by atoms with E-state index >= 15 is 0 Å². The van der Waals surface area contributed by atoms with Gasteiger partial charge in [-0.05, 0) is 30.6 Å². The van der Waals surface area contributed by atoms with Crippen LogP contribution < -0.4 is 0 Å². The van der Waals surface area contributed by atoms with E-state index in [1.165, 1.54) is 0 Å². The van der Waals surface area contributed by atoms with Crippen molar-refractivity contribution in [1.29, 1.82) is 0 Å². The third-order valence-electron chi connectivity index (χ3n) is 4.64. The molecule has 0 radical (unpaired) electrons. The maximum atomic E-state index is 12.0. The van der Waals surface area contributed by atoms with Crippen molar-refractivity contribution in [2.45, 2.75) is 66.2 Å². The number of rotatable bonds is 7. The average molecular weight is 297 g/mol. The fourth-order valence-corrected chi connectivity index (χ4v) is 3.29. The highest BCUT2D eigenvalue weighted by Gasteiger charge is 2.37. The number of piperidine rings is 1. The predicted octanol–water partition coefficient (Wildman–Crippen LogP) is 3.55. The molecule has 4 heteroatoms. The highest BCUT2D eigenvalue weighted by Crippen LogP contribution is 2.40. The van der Waals surface area contributed by atoms with Gasteiger partial charge in [-0.3, -0.25) is 9.59 Å². The predicted molar refractivity (Wildman–Crippen MR) is 84.0 cm³/mol. The molecule has 0 unspecified atom stereocenters. The van der Waals surface area contributed by atoms with Crippen molar-refractivity contribution in [3.63, 3.8) is 0 Å². The molecule has 0 aliphatic carbocycles. The fourth-order valence-electron chi connectivity index (χ4n) is 3.29. The zero-order chi connectivity index (χ0) is 16.0. The van der Waals surface area contributed by atoms with Gasteiger partial charge in [0.25, 0.3) is 0 Å². The van der Waals surface area contributed by atoms with Crippen molar-refractivity contribution in [3.8, 4) is 0 Å². The van der Waals surface area contributed by atoms with Crippen LogP contribution in [0.4, 0.5) is 0 Å². The van der Waals surface area contributed by atoms with Gasteiger partial charge in [-0.2, -0.15) is 0 Å². The topological polar surface area (TPSA) is 57.6 Å². The summed E-state index contributed by atoms with van der Waals surface area (Å²) in [6.45, 7) is 9.67. The lowest BCUT2D eigenvalue weighted by molar-refractivity contribution is -0.142. The number of hydrogen-bond acceptors (Lipinski definition) is 2. The third-order valence-corrected chi connectivity index (χ3v) is 4.64. The van der Waals surface area contributed by atoms with Gasteiger partial charge in [0.1, 0.15) is 0 Å². The first kappa shape index (κ1) is 18.0. The van der Waals surface area contributed by atoms with Crippen molar-refractivity contribution in [1.82, 2.24) is 4.90 Å². The van der Waals surface area contributed by atoms with Crippen molar-refractivity contribution < 1.29 is 14.7 Å². The second-order valence-corrected chi connectivity index (χ2v) is 7.34. The zero-order valence-corrected chi connectivity index (χ0v) is 14.0. The van der Waals surface area contributed by atoms with Gasteiger partial charge in [-0.1, -0.05) is 40.5 Å². The van der Waals surface area contributed by atoms with E-state index in [4.69, 9.17) is 0 Å². The summed E-state index contributed by atoms with van der Waals surface area (Å²) in [5.41, 5.74) is -0.103. The molecule has 1 amide bonds. The Morgan fingerprint density at radius 2 is 1.71 bits per heavy atom. The van der Waals surface area contributed by atoms with E-state index in [0.717, 1.165) is 32.1 Å². The number of aliphatic carboxylic acids is 1. The maximum absolute atomic E-state index is 12.0. The van der Waals surface area contributed by atoms with Gasteiger partial charge in [0, 0.05) is 19.0 Å². The van der Waals surface area contributed by atoms with Crippen LogP contribution in [0, 0.1) is 17.3 Å². The third kappa shape index (κ3) is 5.68. The minimum atomic E-state index is -0.705. The number of likely N-dealkylation sites (tertiary alicyclic amines) is 1. The Balaban J connectivity index is 2.61. The molecular weight excluding hydrogens is 266 g/mol. The first-order valence-corrected chi connectivity index (χ1v) is 8.26. The molecule has 21 heavy (non-hydrogen) atoms. The number of carboxylic acid groups (broad SMARTS) is 1. The Kier molecular flexibility index (Phi) is 6.69. The number of carbonyl (C=O) groups excluding carboxylic acids is 1. The molecule has 122 valence electrons. The lowest BCUT2D eigenvalue weighted by Gasteiger charge is -2.42. The summed E-state index contributed by atoms with van der Waals surface area (Å²) in [6, 6.07) is 0. The molecule has 1 aliphatic heterocycles. The second-order valence-electron chi connectivity index (χ2n) is 7.34. The molecule has 1 N–H and O–H groups in total. The van der Waals surface area contributed by atoms with Gasteiger partial charge in [0.05, 0.1) is 6.42 Å². The Bertz CT molecular complexity index is 355. The number of carbonyl (C=O) groups is 2. The van der Waals surface area contributed by atoms with Gasteiger partial charge < -0.3 is 10.0 Å². The van der Waals surface area contributed by atoms with Crippen molar-refractivity contribution in [3.05, 3.63) is 0 Å². The van der Waals surface area contributed by atoms with Gasteiger partial charge in [0.15, 0.2) is 0 Å². The van der Waals surface area contributed by atoms with E-state index in [2.05, 4.69) is 13.8 Å². The maximum Gasteiger partial charge on any atom is 0.303 e. The van der Waals surface area contributed by atoms with E-state index in [1.807, 2.05) is 18.7 Å². The second kappa shape index (κ2) is 7.81. The molecule has 1 fully saturated rings. The Hall–Kier alpha value is -1.06. The minimum Gasteiger partial charge on any atom is -0.481 e. The smallest absolute Gasteiger partial charge is 0.303 e. The van der Waals surface area contributed by atoms with E-state index in [9.17, 15) is 14.7 Å². The van der Waals surface area contributed by atoms with Gasteiger partial charge in [-0.15, -0.1) is 0 Å². The molecule has 1 saturated heterocycles. The van der Waals surface area contributed by atoms with E-state index in [-0.39, 0.29) is 23.7 Å². The van der Waals surface area contributed by atoms with E-state index < -0.39 is 5.97 Å². The number of hydrogen-bond donors (Lipinski definition) is 1. The summed E-state index contributed by atoms with van der Waals surface area (Å²) in [4.78, 5) is 25.2. The molecule has 0 spiro atoms. The molecule has 0 atom stereocenters. The summed E-state index contributed by atoms with van der Waals surface area (Å²) in [6.07, 6.45) is 5.11. The normalized spacial score (nSPS) is 18.3. The van der Waals surface area contributed by atoms with Crippen LogP contribution in [0.5, 0.6) is 0 Å². The quantitative estimate of drug-likeness (QED) is 0.781. The van der Waals surface area contributed by atoms with Crippen LogP contribution in [-0.2, 0) is 9.59 Å². The molecule has 4 nitrogen and oxygen atoms in total. The lowest BCUT2D eigenvalue weighted by atomic mass is 9.71. The Morgan fingerprint density at radius 3 is 2.14 bits per heavy atom. The standard InChI is InChI=1S/C17H31NO3/c1-13(2)6-5-7-17(12-15(19)20)8-10-18(11-9-17)16(21)14(3)4/h13-14H,5-12H2,1-4H3,(H,19,20). The van der Waals surface area contributed by atoms with E-state index in [1.54, 1.807) is 0 Å². The zero-order valence-electron chi connectivity index (χ0n) is 14.0. The summed E-state index contributed by atoms with van der Waals surface area (Å²) in [5, 5.41) is 9.22. The summed E-state index contributed by atoms with van der Waals surface area (Å²) in [7, 11) is 0. The summed E-state index contributed by atoms with van der Waals surface area (Å²) < 4.78 is 0. The van der Waals surface area contributed by atoms with Crippen LogP contribution >= 0.6 is 0 Å². The Labute approximate surface area is 128 Å². The van der Waals surface area contributed by atoms with Crippen LogP contribution in [0.3, 0.4) is 0 Å². The minimum absolute atomic E-state index is 0.0258. The molecule has 0 aromatic heterocycles. The fraction of sp³-hybridized carbons (Fsp3) is 0.882. The molecule has 1 heterocycles. The monoisotopic (exact) mass is 297 g/mol. The number of amides is 1. The molecular formula is C17H31NO3. The average Bonchev–Trinajstić information content (AvgIpc) is 2.37. The molecule has 0 aromatic rings. The summed E-state index contributed by atoms with van der Waals surface area (Å²) >= 11 is 0. The summed E-state index contributed by atoms with van der Waals surface area (Å²) in [5.74, 6) is 0.177. The lowest BCUT2D eigenvalue weighted by Crippen LogP contribution is -2.45. The van der Waals surface area contributed by atoms with Crippen LogP contribution in [0.2, 0.25) is 0 Å². The highest BCUT2D eigenvalue weighted by atomic mass is 16.4. The van der Waals surface area contributed by atoms with Crippen LogP contribution in [0.25, 0.3) is 0 Å². The van der Waals surface area contributed by atoms with Crippen LogP contribution in [0.15, 0.2) is 0 Å². The van der Waals surface area contributed by atoms with Crippen molar-refractivity contribution in [2.24, 2.45) is 17.3 Å². The first-order valence-electron chi connectivity index (χ1n) is 8.26. The molecule has 0 bridgehead atoms. The number of nitrogens with zero attached hydrogens (tertiary/aromatic N) is 1. The van der Waals surface area contributed by atoms with Crippen LogP contribution in [0.1, 0.15) is 66.2 Å². The highest BCUT2D eigenvalue weighted by molar-refractivity contribution is 5.78. The molecule has 1 rings (SSSR count). The molecule has 0 saturated carbocycles. The van der Waals surface area contributed by atoms with Gasteiger partial charge in [0.2, 0.25) is 5.91 Å². The molecule has 1 aliphatic rings. The van der Waals surface area contributed by atoms with E-state index in [0.29, 0.717) is 19.0 Å². The van der Waals surface area contributed by atoms with Gasteiger partial charge in [-0.25, -0.2) is 0 Å². The Morgan fingerprint density at radius 1 is 1.14 bits per heavy atom. The van der Waals surface area contributed by atoms with Crippen molar-refractivity contribution >= 4 is 11.9 Å². The largest absolute Gasteiger partial charge is 0.481 e. The van der Waals surface area contributed by atoms with Crippen molar-refractivity contribution in [2.75, 3.05) is 13.1 Å². The SMILES string of the molecule is CC(C)CCCC1(CC(=O)O)CCN(C(=O)C(C)C)CC1. The van der Waals surface area contributed by atoms with Crippen LogP contribution in [-0.4, -0.2) is 35.0 Å². The van der Waals surface area contributed by atoms with Gasteiger partial charge >= 0.3 is 5.97 Å². The molecule has 0 aromatic carbocycles. The first-order chi connectivity index (χ1) is 9.76. The number of carboxylic acids is 1.